The van der Waals surface area contributed by atoms with Crippen LogP contribution in [-0.2, 0) is 9.59 Å². The summed E-state index contributed by atoms with van der Waals surface area (Å²) in [5.74, 6) is -2.25. The summed E-state index contributed by atoms with van der Waals surface area (Å²) in [6.45, 7) is 8.23. The Morgan fingerprint density at radius 1 is 1.27 bits per heavy atom. The summed E-state index contributed by atoms with van der Waals surface area (Å²) < 4.78 is 19.4. The first-order valence-corrected chi connectivity index (χ1v) is 13.4. The number of amides is 3. The molecule has 3 amide bonds. The lowest BCUT2D eigenvalue weighted by atomic mass is 9.84. The molecule has 9 nitrogen and oxygen atoms in total. The highest BCUT2D eigenvalue weighted by Crippen LogP contribution is 2.44. The van der Waals surface area contributed by atoms with E-state index in [1.165, 1.54) is 37.3 Å². The summed E-state index contributed by atoms with van der Waals surface area (Å²) in [4.78, 5) is 40.2. The maximum absolute atomic E-state index is 13.9. The van der Waals surface area contributed by atoms with Gasteiger partial charge >= 0.3 is 0 Å². The Bertz CT molecular complexity index is 1470. The van der Waals surface area contributed by atoms with Crippen LogP contribution in [-0.4, -0.2) is 40.4 Å². The number of carbonyl (C=O) groups excluding carboxylic acids is 3. The fraction of sp³-hybridized carbons (Fsp3) is 0.367. The molecule has 3 rings (SSSR count). The number of benzene rings is 2. The van der Waals surface area contributed by atoms with Gasteiger partial charge in [0.2, 0.25) is 5.91 Å². The van der Waals surface area contributed by atoms with Crippen LogP contribution in [0.3, 0.4) is 0 Å². The van der Waals surface area contributed by atoms with Crippen molar-refractivity contribution >= 4 is 35.0 Å². The van der Waals surface area contributed by atoms with E-state index in [9.17, 15) is 24.0 Å². The summed E-state index contributed by atoms with van der Waals surface area (Å²) in [6.07, 6.45) is 2.29. The van der Waals surface area contributed by atoms with E-state index in [0.717, 1.165) is 0 Å². The van der Waals surface area contributed by atoms with Gasteiger partial charge in [0, 0.05) is 17.4 Å². The molecule has 216 valence electrons. The number of hydrogen-bond acceptors (Lipinski definition) is 6. The fourth-order valence-electron chi connectivity index (χ4n) is 4.88. The molecule has 0 bridgehead atoms. The first-order valence-electron chi connectivity index (χ1n) is 13.0. The first-order chi connectivity index (χ1) is 19.2. The Balaban J connectivity index is 1.84. The molecule has 1 aliphatic rings. The molecule has 0 aliphatic carbocycles. The van der Waals surface area contributed by atoms with E-state index < -0.39 is 41.2 Å². The number of carbonyl (C=O) groups is 3. The van der Waals surface area contributed by atoms with E-state index in [2.05, 4.69) is 11.4 Å². The van der Waals surface area contributed by atoms with Crippen LogP contribution in [0, 0.1) is 34.9 Å². The van der Waals surface area contributed by atoms with E-state index in [-0.39, 0.29) is 33.7 Å². The summed E-state index contributed by atoms with van der Waals surface area (Å²) in [5, 5.41) is 20.0. The molecule has 0 saturated carbocycles. The monoisotopic (exact) mass is 581 g/mol. The SMILES string of the molecule is CC(=N)/C=C(/Oc1ccc(C(=O)N[C@H](C)C(=O)N2C(c3ccc(F)c(Cl)c3)CCC2C(C)(C)C#N)cc1C)C(N)=O. The fourth-order valence-corrected chi connectivity index (χ4v) is 5.07. The van der Waals surface area contributed by atoms with Gasteiger partial charge in [0.1, 0.15) is 17.6 Å². The highest BCUT2D eigenvalue weighted by Gasteiger charge is 2.46. The Hall–Kier alpha value is -4.23. The molecule has 2 aromatic rings. The molecule has 41 heavy (non-hydrogen) atoms. The number of aryl methyl sites for hydroxylation is 1. The average Bonchev–Trinajstić information content (AvgIpc) is 3.36. The maximum atomic E-state index is 13.9. The minimum absolute atomic E-state index is 0.0616. The van der Waals surface area contributed by atoms with Gasteiger partial charge in [-0.25, -0.2) is 4.39 Å². The molecule has 11 heteroatoms. The number of nitrogens with zero attached hydrogens (tertiary/aromatic N) is 2. The average molecular weight is 582 g/mol. The third kappa shape index (κ3) is 7.11. The second-order valence-corrected chi connectivity index (χ2v) is 11.1. The van der Waals surface area contributed by atoms with Gasteiger partial charge in [-0.2, -0.15) is 5.26 Å². The second kappa shape index (κ2) is 12.5. The van der Waals surface area contributed by atoms with Gasteiger partial charge in [0.05, 0.1) is 28.6 Å². The van der Waals surface area contributed by atoms with Crippen LogP contribution < -0.4 is 15.8 Å². The third-order valence-electron chi connectivity index (χ3n) is 7.05. The lowest BCUT2D eigenvalue weighted by Crippen LogP contribution is -2.52. The molecule has 0 aromatic heterocycles. The number of nitriles is 1. The molecule has 2 aromatic carbocycles. The molecule has 1 aliphatic heterocycles. The Kier molecular flexibility index (Phi) is 9.56. The van der Waals surface area contributed by atoms with Crippen molar-refractivity contribution < 1.29 is 23.5 Å². The Labute approximate surface area is 243 Å². The van der Waals surface area contributed by atoms with Gasteiger partial charge in [-0.1, -0.05) is 17.7 Å². The van der Waals surface area contributed by atoms with Gasteiger partial charge in [0.25, 0.3) is 11.8 Å². The number of hydrogen-bond donors (Lipinski definition) is 3. The number of ether oxygens (including phenoxy) is 1. The van der Waals surface area contributed by atoms with Crippen LogP contribution >= 0.6 is 11.6 Å². The Morgan fingerprint density at radius 2 is 1.95 bits per heavy atom. The minimum Gasteiger partial charge on any atom is -0.451 e. The molecule has 3 atom stereocenters. The van der Waals surface area contributed by atoms with Crippen molar-refractivity contribution in [1.29, 1.82) is 10.7 Å². The van der Waals surface area contributed by atoms with Crippen LogP contribution in [0.2, 0.25) is 5.02 Å². The number of nitrogens with one attached hydrogen (secondary N) is 2. The Morgan fingerprint density at radius 3 is 2.51 bits per heavy atom. The largest absolute Gasteiger partial charge is 0.451 e. The number of rotatable bonds is 9. The van der Waals surface area contributed by atoms with Gasteiger partial charge in [-0.15, -0.1) is 0 Å². The zero-order valence-electron chi connectivity index (χ0n) is 23.5. The molecule has 1 saturated heterocycles. The van der Waals surface area contributed by atoms with Crippen molar-refractivity contribution in [2.24, 2.45) is 11.1 Å². The van der Waals surface area contributed by atoms with Crippen LogP contribution in [0.25, 0.3) is 0 Å². The predicted molar refractivity (Wildman–Crippen MR) is 153 cm³/mol. The first kappa shape index (κ1) is 31.3. The van der Waals surface area contributed by atoms with Crippen molar-refractivity contribution in [1.82, 2.24) is 10.2 Å². The predicted octanol–water partition coefficient (Wildman–Crippen LogP) is 4.98. The van der Waals surface area contributed by atoms with Gasteiger partial charge in [-0.3, -0.25) is 14.4 Å². The van der Waals surface area contributed by atoms with Crippen molar-refractivity contribution in [2.45, 2.75) is 65.6 Å². The van der Waals surface area contributed by atoms with Crippen molar-refractivity contribution in [2.75, 3.05) is 0 Å². The third-order valence-corrected chi connectivity index (χ3v) is 7.34. The highest BCUT2D eigenvalue weighted by atomic mass is 35.5. The highest BCUT2D eigenvalue weighted by molar-refractivity contribution is 6.30. The zero-order chi connectivity index (χ0) is 30.6. The van der Waals surface area contributed by atoms with Gasteiger partial charge in [-0.05, 0) is 88.9 Å². The van der Waals surface area contributed by atoms with E-state index in [4.69, 9.17) is 27.5 Å². The number of allylic oxidation sites excluding steroid dienone is 1. The van der Waals surface area contributed by atoms with Crippen LogP contribution in [0.5, 0.6) is 5.75 Å². The number of halogens is 2. The number of primary amides is 1. The topological polar surface area (TPSA) is 149 Å². The van der Waals surface area contributed by atoms with Gasteiger partial charge < -0.3 is 26.1 Å². The summed E-state index contributed by atoms with van der Waals surface area (Å²) in [5.41, 5.74) is 5.95. The lowest BCUT2D eigenvalue weighted by Gasteiger charge is -2.38. The van der Waals surface area contributed by atoms with Crippen LogP contribution in [0.4, 0.5) is 4.39 Å². The quantitative estimate of drug-likeness (QED) is 0.217. The minimum atomic E-state index is -0.952. The number of likely N-dealkylation sites (tertiary alicyclic amines) is 1. The van der Waals surface area contributed by atoms with Crippen LogP contribution in [0.15, 0.2) is 48.2 Å². The molecule has 1 heterocycles. The maximum Gasteiger partial charge on any atom is 0.284 e. The lowest BCUT2D eigenvalue weighted by molar-refractivity contribution is -0.137. The molecular weight excluding hydrogens is 549 g/mol. The molecule has 1 fully saturated rings. The smallest absolute Gasteiger partial charge is 0.284 e. The van der Waals surface area contributed by atoms with Crippen LogP contribution in [0.1, 0.15) is 68.1 Å². The van der Waals surface area contributed by atoms with E-state index in [0.29, 0.717) is 24.0 Å². The zero-order valence-corrected chi connectivity index (χ0v) is 24.3. The normalized spacial score (nSPS) is 17.9. The molecular formula is C30H33ClFN5O4. The van der Waals surface area contributed by atoms with E-state index >= 15 is 0 Å². The van der Waals surface area contributed by atoms with Crippen molar-refractivity contribution in [3.8, 4) is 11.8 Å². The second-order valence-electron chi connectivity index (χ2n) is 10.7. The van der Waals surface area contributed by atoms with E-state index in [1.807, 2.05) is 0 Å². The molecule has 0 spiro atoms. The molecule has 4 N–H and O–H groups in total. The van der Waals surface area contributed by atoms with Gasteiger partial charge in [0.15, 0.2) is 5.76 Å². The number of nitrogens with two attached hydrogens (primary N) is 1. The molecule has 0 radical (unpaired) electrons. The van der Waals surface area contributed by atoms with Crippen molar-refractivity contribution in [3.05, 3.63) is 75.8 Å². The molecule has 2 unspecified atom stereocenters. The van der Waals surface area contributed by atoms with E-state index in [1.54, 1.807) is 44.7 Å². The standard InChI is InChI=1S/C30H33ClFN5O4/c1-16-12-20(7-10-24(16)41-25(27(35)38)13-17(2)34)28(39)36-18(3)29(40)37-23(9-11-26(37)30(4,5)15-33)19-6-8-22(32)21(31)14-19/h6-8,10,12-14,18,23,26,34H,9,11H2,1-5H3,(H2,35,38)(H,36,39)/b25-13+,34-17?/t18-,23?,26?/m1/s1. The summed E-state index contributed by atoms with van der Waals surface area (Å²) in [7, 11) is 0. The van der Waals surface area contributed by atoms with Crippen molar-refractivity contribution in [3.63, 3.8) is 0 Å². The summed E-state index contributed by atoms with van der Waals surface area (Å²) in [6, 6.07) is 9.26. The summed E-state index contributed by atoms with van der Waals surface area (Å²) >= 11 is 6.03.